The molecule has 0 aliphatic carbocycles. The Hall–Kier alpha value is -0.490. The van der Waals surface area contributed by atoms with E-state index in [1.54, 1.807) is 0 Å². The van der Waals surface area contributed by atoms with Crippen LogP contribution in [0.25, 0.3) is 0 Å². The highest BCUT2D eigenvalue weighted by atomic mass is 35.5. The van der Waals surface area contributed by atoms with Crippen molar-refractivity contribution in [2.24, 2.45) is 5.92 Å². The molecule has 1 rings (SSSR count). The van der Waals surface area contributed by atoms with Crippen molar-refractivity contribution in [3.63, 3.8) is 0 Å². The van der Waals surface area contributed by atoms with E-state index in [4.69, 9.17) is 0 Å². The summed E-state index contributed by atoms with van der Waals surface area (Å²) in [4.78, 5) is 10.8. The summed E-state index contributed by atoms with van der Waals surface area (Å²) in [5.41, 5.74) is 0. The summed E-state index contributed by atoms with van der Waals surface area (Å²) in [6.07, 6.45) is -4.45. The Labute approximate surface area is 85.4 Å². The van der Waals surface area contributed by atoms with E-state index >= 15 is 0 Å². The minimum absolute atomic E-state index is 0. The van der Waals surface area contributed by atoms with Gasteiger partial charge < -0.3 is 10.1 Å². The Morgan fingerprint density at radius 3 is 2.43 bits per heavy atom. The average Bonchev–Trinajstić information content (AvgIpc) is 2.50. The van der Waals surface area contributed by atoms with Crippen LogP contribution in [0.15, 0.2) is 0 Å². The van der Waals surface area contributed by atoms with E-state index < -0.39 is 24.1 Å². The van der Waals surface area contributed by atoms with Gasteiger partial charge in [0.2, 0.25) is 0 Å². The summed E-state index contributed by atoms with van der Waals surface area (Å²) < 4.78 is 40.7. The highest BCUT2D eigenvalue weighted by molar-refractivity contribution is 5.85. The van der Waals surface area contributed by atoms with Crippen molar-refractivity contribution < 1.29 is 22.7 Å². The van der Waals surface area contributed by atoms with Gasteiger partial charge in [-0.25, -0.2) is 0 Å². The number of rotatable bonds is 1. The Morgan fingerprint density at radius 1 is 1.50 bits per heavy atom. The second-order valence-corrected chi connectivity index (χ2v) is 2.96. The molecule has 1 aliphatic heterocycles. The first-order valence-corrected chi connectivity index (χ1v) is 3.83. The van der Waals surface area contributed by atoms with Crippen LogP contribution in [-0.2, 0) is 9.53 Å². The molecule has 0 unspecified atom stereocenters. The smallest absolute Gasteiger partial charge is 0.393 e. The number of methoxy groups -OCH3 is 1. The standard InChI is InChI=1S/C7H10F3NO2.ClH/c1-13-6(12)5-2-4(3-11-5)7(8,9)10;/h4-5,11H,2-3H2,1H3;1H/t4-,5+;/m1./s1. The zero-order valence-corrected chi connectivity index (χ0v) is 8.24. The molecule has 1 fully saturated rings. The van der Waals surface area contributed by atoms with Gasteiger partial charge in [-0.3, -0.25) is 4.79 Å². The quantitative estimate of drug-likeness (QED) is 0.690. The Bertz CT molecular complexity index is 210. The van der Waals surface area contributed by atoms with E-state index in [0.717, 1.165) is 7.11 Å². The fraction of sp³-hybridized carbons (Fsp3) is 0.857. The van der Waals surface area contributed by atoms with Crippen molar-refractivity contribution in [3.8, 4) is 0 Å². The molecule has 1 aliphatic rings. The fourth-order valence-electron chi connectivity index (χ4n) is 1.31. The Balaban J connectivity index is 0.00000169. The molecule has 0 saturated carbocycles. The number of halogens is 4. The average molecular weight is 234 g/mol. The maximum absolute atomic E-state index is 12.1. The minimum Gasteiger partial charge on any atom is -0.468 e. The first-order valence-electron chi connectivity index (χ1n) is 3.83. The number of alkyl halides is 3. The van der Waals surface area contributed by atoms with Gasteiger partial charge in [-0.2, -0.15) is 13.2 Å². The number of hydrogen-bond acceptors (Lipinski definition) is 3. The number of carbonyl (C=O) groups excluding carboxylic acids is 1. The summed E-state index contributed by atoms with van der Waals surface area (Å²) in [6, 6.07) is -0.809. The Kier molecular flexibility index (Phi) is 4.67. The first kappa shape index (κ1) is 13.5. The zero-order chi connectivity index (χ0) is 10.1. The molecule has 0 aromatic rings. The van der Waals surface area contributed by atoms with E-state index in [0.29, 0.717) is 0 Å². The topological polar surface area (TPSA) is 38.3 Å². The summed E-state index contributed by atoms with van der Waals surface area (Å²) in [5, 5.41) is 2.47. The molecule has 1 saturated heterocycles. The zero-order valence-electron chi connectivity index (χ0n) is 7.43. The van der Waals surface area contributed by atoms with Crippen LogP contribution in [0.2, 0.25) is 0 Å². The normalized spacial score (nSPS) is 26.9. The molecule has 3 nitrogen and oxygen atoms in total. The number of carbonyl (C=O) groups is 1. The van der Waals surface area contributed by atoms with Crippen LogP contribution in [-0.4, -0.2) is 31.8 Å². The van der Waals surface area contributed by atoms with E-state index in [-0.39, 0.29) is 25.4 Å². The van der Waals surface area contributed by atoms with Gasteiger partial charge in [-0.05, 0) is 6.42 Å². The Morgan fingerprint density at radius 2 is 2.07 bits per heavy atom. The number of hydrogen-bond donors (Lipinski definition) is 1. The van der Waals surface area contributed by atoms with Crippen LogP contribution >= 0.6 is 12.4 Å². The van der Waals surface area contributed by atoms with Gasteiger partial charge in [-0.1, -0.05) is 0 Å². The molecule has 0 amide bonds. The van der Waals surface area contributed by atoms with Crippen molar-refractivity contribution in [2.75, 3.05) is 13.7 Å². The fourth-order valence-corrected chi connectivity index (χ4v) is 1.31. The summed E-state index contributed by atoms with van der Waals surface area (Å²) >= 11 is 0. The van der Waals surface area contributed by atoms with Crippen LogP contribution in [0.5, 0.6) is 0 Å². The molecule has 0 spiro atoms. The third-order valence-corrected chi connectivity index (χ3v) is 2.08. The van der Waals surface area contributed by atoms with Crippen LogP contribution in [0.3, 0.4) is 0 Å². The maximum Gasteiger partial charge on any atom is 0.393 e. The van der Waals surface area contributed by atoms with Crippen LogP contribution in [0.1, 0.15) is 6.42 Å². The lowest BCUT2D eigenvalue weighted by molar-refractivity contribution is -0.169. The lowest BCUT2D eigenvalue weighted by Gasteiger charge is -2.12. The first-order chi connectivity index (χ1) is 5.95. The van der Waals surface area contributed by atoms with Crippen LogP contribution < -0.4 is 5.32 Å². The monoisotopic (exact) mass is 233 g/mol. The molecule has 0 radical (unpaired) electrons. The van der Waals surface area contributed by atoms with Gasteiger partial charge in [0, 0.05) is 6.54 Å². The molecular formula is C7H11ClF3NO2. The molecule has 84 valence electrons. The molecule has 0 aromatic heterocycles. The third-order valence-electron chi connectivity index (χ3n) is 2.08. The molecule has 7 heteroatoms. The van der Waals surface area contributed by atoms with Crippen LogP contribution in [0.4, 0.5) is 13.2 Å². The second-order valence-electron chi connectivity index (χ2n) is 2.96. The van der Waals surface area contributed by atoms with Crippen molar-refractivity contribution in [2.45, 2.75) is 18.6 Å². The molecule has 14 heavy (non-hydrogen) atoms. The predicted molar refractivity (Wildman–Crippen MR) is 45.2 cm³/mol. The maximum atomic E-state index is 12.1. The number of nitrogens with one attached hydrogen (secondary N) is 1. The van der Waals surface area contributed by atoms with Gasteiger partial charge in [-0.15, -0.1) is 12.4 Å². The molecule has 2 atom stereocenters. The van der Waals surface area contributed by atoms with Crippen molar-refractivity contribution in [1.29, 1.82) is 0 Å². The van der Waals surface area contributed by atoms with Gasteiger partial charge in [0.05, 0.1) is 13.0 Å². The van der Waals surface area contributed by atoms with Gasteiger partial charge in [0.15, 0.2) is 0 Å². The highest BCUT2D eigenvalue weighted by Gasteiger charge is 2.45. The lowest BCUT2D eigenvalue weighted by Crippen LogP contribution is -2.31. The molecule has 0 bridgehead atoms. The summed E-state index contributed by atoms with van der Waals surface area (Å²) in [7, 11) is 1.16. The van der Waals surface area contributed by atoms with Crippen LogP contribution in [0, 0.1) is 5.92 Å². The van der Waals surface area contributed by atoms with Crippen molar-refractivity contribution in [1.82, 2.24) is 5.32 Å². The van der Waals surface area contributed by atoms with E-state index in [9.17, 15) is 18.0 Å². The molecule has 0 aromatic carbocycles. The highest BCUT2D eigenvalue weighted by Crippen LogP contribution is 2.32. The minimum atomic E-state index is -4.23. The SMILES string of the molecule is COC(=O)[C@@H]1C[C@@H](C(F)(F)F)CN1.Cl. The summed E-state index contributed by atoms with van der Waals surface area (Å²) in [5.74, 6) is -2.07. The number of esters is 1. The largest absolute Gasteiger partial charge is 0.468 e. The summed E-state index contributed by atoms with van der Waals surface area (Å²) in [6.45, 7) is -0.205. The van der Waals surface area contributed by atoms with Crippen molar-refractivity contribution >= 4 is 18.4 Å². The van der Waals surface area contributed by atoms with Gasteiger partial charge >= 0.3 is 12.1 Å². The molecule has 1 N–H and O–H groups in total. The second kappa shape index (κ2) is 4.84. The molecule has 1 heterocycles. The predicted octanol–water partition coefficient (Wildman–Crippen LogP) is 1.12. The number of ether oxygens (including phenoxy) is 1. The van der Waals surface area contributed by atoms with E-state index in [1.165, 1.54) is 0 Å². The van der Waals surface area contributed by atoms with Crippen molar-refractivity contribution in [3.05, 3.63) is 0 Å². The third kappa shape index (κ3) is 3.02. The molecular weight excluding hydrogens is 223 g/mol. The van der Waals surface area contributed by atoms with E-state index in [1.807, 2.05) is 0 Å². The van der Waals surface area contributed by atoms with Gasteiger partial charge in [0.25, 0.3) is 0 Å². The lowest BCUT2D eigenvalue weighted by atomic mass is 10.1. The van der Waals surface area contributed by atoms with Gasteiger partial charge in [0.1, 0.15) is 6.04 Å². The van der Waals surface area contributed by atoms with E-state index in [2.05, 4.69) is 10.1 Å².